The van der Waals surface area contributed by atoms with E-state index in [4.69, 9.17) is 4.74 Å². The van der Waals surface area contributed by atoms with Gasteiger partial charge in [-0.15, -0.1) is 0 Å². The van der Waals surface area contributed by atoms with Crippen LogP contribution in [0.3, 0.4) is 0 Å². The van der Waals surface area contributed by atoms with Crippen molar-refractivity contribution in [3.05, 3.63) is 24.3 Å². The number of benzene rings is 1. The number of hydrogen-bond acceptors (Lipinski definition) is 4. The molecular weight excluding hydrogens is 288 g/mol. The molecule has 112 valence electrons. The first-order chi connectivity index (χ1) is 10.1. The van der Waals surface area contributed by atoms with Crippen LogP contribution < -0.4 is 15.4 Å². The number of hydrogen-bond donors (Lipinski definition) is 2. The number of fused-ring (bicyclic) bond motifs is 1. The van der Waals surface area contributed by atoms with Crippen LogP contribution >= 0.6 is 11.8 Å². The first-order valence-corrected chi connectivity index (χ1v) is 8.23. The summed E-state index contributed by atoms with van der Waals surface area (Å²) in [5.41, 5.74) is -0.916. The zero-order valence-corrected chi connectivity index (χ0v) is 12.7. The molecule has 0 radical (unpaired) electrons. The van der Waals surface area contributed by atoms with Crippen molar-refractivity contribution in [2.24, 2.45) is 0 Å². The average Bonchev–Trinajstić information content (AvgIpc) is 2.49. The molecule has 0 spiro atoms. The molecule has 2 amide bonds. The van der Waals surface area contributed by atoms with Crippen molar-refractivity contribution < 1.29 is 14.3 Å². The lowest BCUT2D eigenvalue weighted by molar-refractivity contribution is -0.147. The number of amides is 2. The summed E-state index contributed by atoms with van der Waals surface area (Å²) in [5.74, 6) is 1.80. The van der Waals surface area contributed by atoms with E-state index < -0.39 is 11.5 Å². The lowest BCUT2D eigenvalue weighted by Gasteiger charge is -2.35. The fourth-order valence-corrected chi connectivity index (χ4v) is 3.59. The number of thioether (sulfide) groups is 1. The van der Waals surface area contributed by atoms with E-state index in [0.717, 1.165) is 24.3 Å². The predicted octanol–water partition coefficient (Wildman–Crippen LogP) is 1.79. The molecule has 2 heterocycles. The van der Waals surface area contributed by atoms with E-state index in [1.54, 1.807) is 12.1 Å². The van der Waals surface area contributed by atoms with Crippen LogP contribution in [0.15, 0.2) is 24.3 Å². The summed E-state index contributed by atoms with van der Waals surface area (Å²) in [4.78, 5) is 24.8. The number of nitrogens with one attached hydrogen (secondary N) is 2. The monoisotopic (exact) mass is 306 g/mol. The Kier molecular flexibility index (Phi) is 3.80. The van der Waals surface area contributed by atoms with Gasteiger partial charge in [0.2, 0.25) is 0 Å². The van der Waals surface area contributed by atoms with Crippen LogP contribution in [0.1, 0.15) is 19.8 Å². The molecule has 3 rings (SSSR count). The van der Waals surface area contributed by atoms with E-state index in [1.165, 1.54) is 6.92 Å². The van der Waals surface area contributed by atoms with Crippen molar-refractivity contribution in [2.45, 2.75) is 31.4 Å². The fraction of sp³-hybridized carbons (Fsp3) is 0.467. The highest BCUT2D eigenvalue weighted by molar-refractivity contribution is 7.99. The quantitative estimate of drug-likeness (QED) is 0.818. The molecule has 6 heteroatoms. The van der Waals surface area contributed by atoms with E-state index in [0.29, 0.717) is 11.4 Å². The summed E-state index contributed by atoms with van der Waals surface area (Å²) < 4.78 is 5.71. The largest absolute Gasteiger partial charge is 0.466 e. The molecule has 0 aliphatic carbocycles. The number of anilines is 1. The minimum Gasteiger partial charge on any atom is -0.466 e. The van der Waals surface area contributed by atoms with E-state index in [1.807, 2.05) is 23.9 Å². The molecule has 0 unspecified atom stereocenters. The topological polar surface area (TPSA) is 67.4 Å². The fourth-order valence-electron chi connectivity index (χ4n) is 2.48. The Labute approximate surface area is 127 Å². The van der Waals surface area contributed by atoms with Crippen molar-refractivity contribution in [3.63, 3.8) is 0 Å². The SMILES string of the molecule is C[C@@]1(C(=O)NC2CCSCC2)Oc2ccccc2NC1=O. The van der Waals surface area contributed by atoms with E-state index in [-0.39, 0.29) is 11.9 Å². The van der Waals surface area contributed by atoms with E-state index in [9.17, 15) is 9.59 Å². The Balaban J connectivity index is 1.76. The van der Waals surface area contributed by atoms with Gasteiger partial charge in [0.15, 0.2) is 0 Å². The normalized spacial score (nSPS) is 25.5. The smallest absolute Gasteiger partial charge is 0.278 e. The average molecular weight is 306 g/mol. The van der Waals surface area contributed by atoms with Crippen LogP contribution in [0.4, 0.5) is 5.69 Å². The second-order valence-corrected chi connectivity index (χ2v) is 6.67. The second-order valence-electron chi connectivity index (χ2n) is 5.45. The van der Waals surface area contributed by atoms with E-state index >= 15 is 0 Å². The Bertz CT molecular complexity index is 572. The number of carbonyl (C=O) groups excluding carboxylic acids is 2. The molecule has 21 heavy (non-hydrogen) atoms. The van der Waals surface area contributed by atoms with Gasteiger partial charge < -0.3 is 15.4 Å². The molecule has 0 aromatic heterocycles. The maximum absolute atomic E-state index is 12.5. The van der Waals surface area contributed by atoms with Gasteiger partial charge in [-0.1, -0.05) is 12.1 Å². The van der Waals surface area contributed by atoms with Gasteiger partial charge in [-0.05, 0) is 43.4 Å². The molecule has 0 saturated carbocycles. The molecule has 1 aromatic carbocycles. The molecule has 1 fully saturated rings. The van der Waals surface area contributed by atoms with Gasteiger partial charge in [0.05, 0.1) is 5.69 Å². The van der Waals surface area contributed by atoms with Gasteiger partial charge in [0.25, 0.3) is 17.4 Å². The van der Waals surface area contributed by atoms with Crippen LogP contribution in [0.25, 0.3) is 0 Å². The number of carbonyl (C=O) groups is 2. The summed E-state index contributed by atoms with van der Waals surface area (Å²) in [6.07, 6.45) is 1.87. The van der Waals surface area contributed by atoms with Gasteiger partial charge in [-0.25, -0.2) is 0 Å². The minimum absolute atomic E-state index is 0.129. The standard InChI is InChI=1S/C15H18N2O3S/c1-15(13(18)16-10-6-8-21-9-7-10)14(19)17-11-4-2-3-5-12(11)20-15/h2-5,10H,6-9H2,1H3,(H,16,18)(H,17,19)/t15-/m0/s1. The molecular formula is C15H18N2O3S. The van der Waals surface area contributed by atoms with E-state index in [2.05, 4.69) is 10.6 Å². The third-order valence-electron chi connectivity index (χ3n) is 3.87. The minimum atomic E-state index is -1.51. The van der Waals surface area contributed by atoms with Crippen molar-refractivity contribution in [2.75, 3.05) is 16.8 Å². The van der Waals surface area contributed by atoms with Crippen molar-refractivity contribution in [1.29, 1.82) is 0 Å². The van der Waals surface area contributed by atoms with Gasteiger partial charge in [-0.3, -0.25) is 9.59 Å². The van der Waals surface area contributed by atoms with Gasteiger partial charge in [0.1, 0.15) is 5.75 Å². The molecule has 2 aliphatic heterocycles. The van der Waals surface area contributed by atoms with Crippen LogP contribution in [-0.2, 0) is 9.59 Å². The first-order valence-electron chi connectivity index (χ1n) is 7.08. The maximum atomic E-state index is 12.5. The van der Waals surface area contributed by atoms with Crippen LogP contribution in [0, 0.1) is 0 Å². The Morgan fingerprint density at radius 3 is 2.86 bits per heavy atom. The van der Waals surface area contributed by atoms with Gasteiger partial charge in [0, 0.05) is 6.04 Å². The summed E-state index contributed by atoms with van der Waals surface area (Å²) in [6.45, 7) is 1.52. The molecule has 1 saturated heterocycles. The van der Waals surface area contributed by atoms with Crippen LogP contribution in [-0.4, -0.2) is 35.0 Å². The maximum Gasteiger partial charge on any atom is 0.278 e. The summed E-state index contributed by atoms with van der Waals surface area (Å²) >= 11 is 1.89. The van der Waals surface area contributed by atoms with Crippen molar-refractivity contribution >= 4 is 29.3 Å². The lowest BCUT2D eigenvalue weighted by Crippen LogP contribution is -2.60. The highest BCUT2D eigenvalue weighted by Crippen LogP contribution is 2.33. The van der Waals surface area contributed by atoms with Gasteiger partial charge >= 0.3 is 0 Å². The Hall–Kier alpha value is -1.69. The van der Waals surface area contributed by atoms with Crippen LogP contribution in [0.5, 0.6) is 5.75 Å². The molecule has 1 atom stereocenters. The summed E-state index contributed by atoms with van der Waals surface area (Å²) in [7, 11) is 0. The van der Waals surface area contributed by atoms with Crippen molar-refractivity contribution in [3.8, 4) is 5.75 Å². The third-order valence-corrected chi connectivity index (χ3v) is 4.92. The Morgan fingerprint density at radius 1 is 1.38 bits per heavy atom. The molecule has 0 bridgehead atoms. The first kappa shape index (κ1) is 14.3. The summed E-state index contributed by atoms with van der Waals surface area (Å²) in [5, 5.41) is 5.69. The van der Waals surface area contributed by atoms with Crippen molar-refractivity contribution in [1.82, 2.24) is 5.32 Å². The number of rotatable bonds is 2. The van der Waals surface area contributed by atoms with Crippen LogP contribution in [0.2, 0.25) is 0 Å². The highest BCUT2D eigenvalue weighted by Gasteiger charge is 2.47. The predicted molar refractivity (Wildman–Crippen MR) is 82.6 cm³/mol. The molecule has 1 aromatic rings. The number of para-hydroxylation sites is 2. The zero-order chi connectivity index (χ0) is 14.9. The summed E-state index contributed by atoms with van der Waals surface area (Å²) in [6, 6.07) is 7.25. The second kappa shape index (κ2) is 5.60. The third kappa shape index (κ3) is 2.72. The molecule has 5 nitrogen and oxygen atoms in total. The molecule has 2 aliphatic rings. The van der Waals surface area contributed by atoms with Gasteiger partial charge in [-0.2, -0.15) is 11.8 Å². The highest BCUT2D eigenvalue weighted by atomic mass is 32.2. The lowest BCUT2D eigenvalue weighted by atomic mass is 10.0. The zero-order valence-electron chi connectivity index (χ0n) is 11.8. The number of ether oxygens (including phenoxy) is 1. The Morgan fingerprint density at radius 2 is 2.10 bits per heavy atom. The molecule has 2 N–H and O–H groups in total.